The van der Waals surface area contributed by atoms with E-state index >= 15 is 0 Å². The summed E-state index contributed by atoms with van der Waals surface area (Å²) in [5.74, 6) is 1.95. The number of rotatable bonds is 7. The van der Waals surface area contributed by atoms with Crippen molar-refractivity contribution in [2.24, 2.45) is 0 Å². The lowest BCUT2D eigenvalue weighted by Gasteiger charge is -2.07. The normalized spacial score (nSPS) is 16.4. The zero-order chi connectivity index (χ0) is 18.2. The van der Waals surface area contributed by atoms with Crippen LogP contribution in [0.4, 0.5) is 5.13 Å². The van der Waals surface area contributed by atoms with Crippen LogP contribution < -0.4 is 5.32 Å². The lowest BCUT2D eigenvalue weighted by atomic mass is 10.2. The third kappa shape index (κ3) is 3.77. The Morgan fingerprint density at radius 2 is 2.00 bits per heavy atom. The molecule has 1 aromatic carbocycles. The number of hydrogen-bond acceptors (Lipinski definition) is 6. The molecule has 0 aliphatic heterocycles. The molecule has 2 saturated carbocycles. The smallest absolute Gasteiger partial charge is 0.236 e. The summed E-state index contributed by atoms with van der Waals surface area (Å²) < 4.78 is 2.27. The van der Waals surface area contributed by atoms with Crippen LogP contribution in [0.2, 0.25) is 0 Å². The van der Waals surface area contributed by atoms with Crippen LogP contribution in [0.5, 0.6) is 0 Å². The number of nitrogens with one attached hydrogen (secondary N) is 1. The van der Waals surface area contributed by atoms with Gasteiger partial charge in [0.15, 0.2) is 10.3 Å². The number of benzene rings is 1. The number of aromatic nitrogens is 4. The van der Waals surface area contributed by atoms with Crippen molar-refractivity contribution < 1.29 is 4.79 Å². The van der Waals surface area contributed by atoms with Crippen LogP contribution in [-0.2, 0) is 4.79 Å². The largest absolute Gasteiger partial charge is 0.303 e. The topological polar surface area (TPSA) is 72.7 Å². The average Bonchev–Trinajstić information content (AvgIpc) is 3.62. The fourth-order valence-electron chi connectivity index (χ4n) is 3.04. The lowest BCUT2D eigenvalue weighted by molar-refractivity contribution is -0.113. The molecule has 2 aromatic heterocycles. The Kier molecular flexibility index (Phi) is 4.45. The van der Waals surface area contributed by atoms with Gasteiger partial charge in [0.25, 0.3) is 0 Å². The first-order valence-corrected chi connectivity index (χ1v) is 11.0. The minimum atomic E-state index is -0.0627. The molecular weight excluding hydrogens is 378 g/mol. The second-order valence-electron chi connectivity index (χ2n) is 6.96. The van der Waals surface area contributed by atoms with E-state index in [-0.39, 0.29) is 5.91 Å². The maximum atomic E-state index is 12.4. The molecule has 6 nitrogen and oxygen atoms in total. The van der Waals surface area contributed by atoms with E-state index in [1.165, 1.54) is 48.8 Å². The molecule has 0 saturated heterocycles. The van der Waals surface area contributed by atoms with Crippen LogP contribution in [0.1, 0.15) is 43.5 Å². The zero-order valence-corrected chi connectivity index (χ0v) is 16.3. The Morgan fingerprint density at radius 1 is 1.19 bits per heavy atom. The number of amides is 1. The highest BCUT2D eigenvalue weighted by atomic mass is 32.2. The van der Waals surface area contributed by atoms with Crippen LogP contribution in [0, 0.1) is 0 Å². The summed E-state index contributed by atoms with van der Waals surface area (Å²) in [6, 6.07) is 10.5. The van der Waals surface area contributed by atoms with Crippen LogP contribution >= 0.6 is 23.1 Å². The van der Waals surface area contributed by atoms with Crippen molar-refractivity contribution in [2.45, 2.75) is 42.8 Å². The van der Waals surface area contributed by atoms with E-state index in [9.17, 15) is 4.79 Å². The summed E-state index contributed by atoms with van der Waals surface area (Å²) in [6.45, 7) is 0. The fraction of sp³-hybridized carbons (Fsp3) is 0.368. The summed E-state index contributed by atoms with van der Waals surface area (Å²) in [5.41, 5.74) is 1.93. The quantitative estimate of drug-likeness (QED) is 0.600. The minimum absolute atomic E-state index is 0.0627. The van der Waals surface area contributed by atoms with Crippen LogP contribution in [-0.4, -0.2) is 31.4 Å². The van der Waals surface area contributed by atoms with E-state index in [0.717, 1.165) is 22.2 Å². The molecule has 5 rings (SSSR count). The van der Waals surface area contributed by atoms with Gasteiger partial charge in [0.2, 0.25) is 5.91 Å². The first kappa shape index (κ1) is 16.9. The Bertz CT molecular complexity index is 960. The Balaban J connectivity index is 1.21. The van der Waals surface area contributed by atoms with Gasteiger partial charge >= 0.3 is 0 Å². The van der Waals surface area contributed by atoms with Gasteiger partial charge < -0.3 is 9.88 Å². The number of carbonyl (C=O) groups excluding carboxylic acids is 1. The third-order valence-corrected chi connectivity index (χ3v) is 6.40. The van der Waals surface area contributed by atoms with Gasteiger partial charge in [0.05, 0.1) is 11.4 Å². The van der Waals surface area contributed by atoms with E-state index in [2.05, 4.69) is 25.1 Å². The summed E-state index contributed by atoms with van der Waals surface area (Å²) >= 11 is 2.91. The second-order valence-corrected chi connectivity index (χ2v) is 8.76. The SMILES string of the molecule is O=C(CSc1nnc(C2CC2)n1C1CC1)Nc1nc(-c2ccccc2)cs1. The number of thiazole rings is 1. The molecule has 1 amide bonds. The average molecular weight is 398 g/mol. The summed E-state index contributed by atoms with van der Waals surface area (Å²) in [5, 5.41) is 15.1. The van der Waals surface area contributed by atoms with E-state index in [1.807, 2.05) is 35.7 Å². The maximum Gasteiger partial charge on any atom is 0.236 e. The molecule has 1 N–H and O–H groups in total. The molecular formula is C19H19N5OS2. The zero-order valence-electron chi connectivity index (χ0n) is 14.7. The van der Waals surface area contributed by atoms with Crippen molar-refractivity contribution in [2.75, 3.05) is 11.1 Å². The van der Waals surface area contributed by atoms with Gasteiger partial charge in [-0.2, -0.15) is 0 Å². The van der Waals surface area contributed by atoms with E-state index in [0.29, 0.717) is 22.8 Å². The van der Waals surface area contributed by atoms with Gasteiger partial charge in [0, 0.05) is 22.9 Å². The van der Waals surface area contributed by atoms with Gasteiger partial charge in [-0.15, -0.1) is 21.5 Å². The number of hydrogen-bond donors (Lipinski definition) is 1. The molecule has 27 heavy (non-hydrogen) atoms. The lowest BCUT2D eigenvalue weighted by Crippen LogP contribution is -2.14. The van der Waals surface area contributed by atoms with Crippen LogP contribution in [0.15, 0.2) is 40.9 Å². The van der Waals surface area contributed by atoms with Crippen molar-refractivity contribution in [3.8, 4) is 11.3 Å². The maximum absolute atomic E-state index is 12.4. The molecule has 0 spiro atoms. The summed E-state index contributed by atoms with van der Waals surface area (Å²) in [6.07, 6.45) is 4.81. The van der Waals surface area contributed by atoms with Crippen molar-refractivity contribution in [3.63, 3.8) is 0 Å². The summed E-state index contributed by atoms with van der Waals surface area (Å²) in [4.78, 5) is 16.9. The molecule has 8 heteroatoms. The first-order chi connectivity index (χ1) is 13.3. The molecule has 0 atom stereocenters. The highest BCUT2D eigenvalue weighted by Gasteiger charge is 2.36. The standard InChI is InChI=1S/C19H19N5OS2/c25-16(21-18-20-15(10-26-18)12-4-2-1-3-5-12)11-27-19-23-22-17(13-6-7-13)24(19)14-8-9-14/h1-5,10,13-14H,6-9,11H2,(H,20,21,25). The monoisotopic (exact) mass is 397 g/mol. The third-order valence-electron chi connectivity index (χ3n) is 4.70. The molecule has 2 aliphatic rings. The Hall–Kier alpha value is -2.19. The van der Waals surface area contributed by atoms with Gasteiger partial charge in [-0.25, -0.2) is 4.98 Å². The first-order valence-electron chi connectivity index (χ1n) is 9.16. The molecule has 3 aromatic rings. The van der Waals surface area contributed by atoms with Crippen LogP contribution in [0.25, 0.3) is 11.3 Å². The van der Waals surface area contributed by atoms with Crippen LogP contribution in [0.3, 0.4) is 0 Å². The molecule has 2 fully saturated rings. The number of nitrogens with zero attached hydrogens (tertiary/aromatic N) is 4. The van der Waals surface area contributed by atoms with E-state index < -0.39 is 0 Å². The molecule has 2 heterocycles. The van der Waals surface area contributed by atoms with Gasteiger partial charge in [-0.1, -0.05) is 42.1 Å². The Labute approximate surface area is 165 Å². The second kappa shape index (κ2) is 7.09. The van der Waals surface area contributed by atoms with E-state index in [1.54, 1.807) is 0 Å². The predicted octanol–water partition coefficient (Wildman–Crippen LogP) is 4.34. The molecule has 138 valence electrons. The van der Waals surface area contributed by atoms with Crippen molar-refractivity contribution >= 4 is 34.1 Å². The molecule has 0 bridgehead atoms. The number of anilines is 1. The Morgan fingerprint density at radius 3 is 2.74 bits per heavy atom. The van der Waals surface area contributed by atoms with Crippen molar-refractivity contribution in [3.05, 3.63) is 41.5 Å². The highest BCUT2D eigenvalue weighted by molar-refractivity contribution is 7.99. The molecule has 0 radical (unpaired) electrons. The minimum Gasteiger partial charge on any atom is -0.303 e. The fourth-order valence-corrected chi connectivity index (χ4v) is 4.59. The van der Waals surface area contributed by atoms with E-state index in [4.69, 9.17) is 0 Å². The van der Waals surface area contributed by atoms with Gasteiger partial charge in [-0.3, -0.25) is 4.79 Å². The summed E-state index contributed by atoms with van der Waals surface area (Å²) in [7, 11) is 0. The highest BCUT2D eigenvalue weighted by Crippen LogP contribution is 2.46. The predicted molar refractivity (Wildman–Crippen MR) is 107 cm³/mol. The molecule has 0 unspecified atom stereocenters. The van der Waals surface area contributed by atoms with Crippen molar-refractivity contribution in [1.82, 2.24) is 19.7 Å². The number of thioether (sulfide) groups is 1. The number of carbonyl (C=O) groups is 1. The van der Waals surface area contributed by atoms with Gasteiger partial charge in [0.1, 0.15) is 5.82 Å². The van der Waals surface area contributed by atoms with Gasteiger partial charge in [-0.05, 0) is 25.7 Å². The molecule has 2 aliphatic carbocycles. The van der Waals surface area contributed by atoms with Crippen molar-refractivity contribution in [1.29, 1.82) is 0 Å².